The summed E-state index contributed by atoms with van der Waals surface area (Å²) in [5.41, 5.74) is 2.52. The van der Waals surface area contributed by atoms with Gasteiger partial charge in [-0.2, -0.15) is 0 Å². The highest BCUT2D eigenvalue weighted by Gasteiger charge is 2.06. The molecule has 88 valence electrons. The van der Waals surface area contributed by atoms with Crippen LogP contribution in [0.5, 0.6) is 5.75 Å². The van der Waals surface area contributed by atoms with Gasteiger partial charge < -0.3 is 9.84 Å². The average molecular weight is 250 g/mol. The molecule has 4 heteroatoms. The number of halogens is 1. The van der Waals surface area contributed by atoms with Gasteiger partial charge in [0.25, 0.3) is 0 Å². The first-order chi connectivity index (χ1) is 8.24. The van der Waals surface area contributed by atoms with Gasteiger partial charge in [0.15, 0.2) is 0 Å². The van der Waals surface area contributed by atoms with E-state index in [1.165, 1.54) is 0 Å². The second kappa shape index (κ2) is 5.17. The summed E-state index contributed by atoms with van der Waals surface area (Å²) >= 11 is 6.13. The molecule has 0 atom stereocenters. The summed E-state index contributed by atoms with van der Waals surface area (Å²) in [6, 6.07) is 7.26. The van der Waals surface area contributed by atoms with Crippen LogP contribution in [0.4, 0.5) is 0 Å². The summed E-state index contributed by atoms with van der Waals surface area (Å²) in [4.78, 5) is 4.08. The van der Waals surface area contributed by atoms with Gasteiger partial charge in [-0.1, -0.05) is 17.7 Å². The largest absolute Gasteiger partial charge is 0.495 e. The molecule has 0 amide bonds. The second-order valence-corrected chi connectivity index (χ2v) is 3.99. The molecule has 0 fully saturated rings. The van der Waals surface area contributed by atoms with Crippen LogP contribution in [0.25, 0.3) is 11.1 Å². The molecular formula is C13H12ClNO2. The number of methoxy groups -OCH3 is 1. The summed E-state index contributed by atoms with van der Waals surface area (Å²) < 4.78 is 5.12. The van der Waals surface area contributed by atoms with Crippen molar-refractivity contribution in [1.29, 1.82) is 0 Å². The first kappa shape index (κ1) is 11.9. The SMILES string of the molecule is COc1cncc(-c2cc(CO)ccc2Cl)c1. The molecule has 2 aromatic rings. The van der Waals surface area contributed by atoms with Crippen LogP contribution in [-0.2, 0) is 6.61 Å². The minimum Gasteiger partial charge on any atom is -0.495 e. The molecule has 1 aromatic carbocycles. The van der Waals surface area contributed by atoms with Crippen LogP contribution < -0.4 is 4.74 Å². The van der Waals surface area contributed by atoms with E-state index in [4.69, 9.17) is 21.4 Å². The molecule has 0 radical (unpaired) electrons. The lowest BCUT2D eigenvalue weighted by Crippen LogP contribution is -1.89. The van der Waals surface area contributed by atoms with Crippen molar-refractivity contribution in [3.63, 3.8) is 0 Å². The third-order valence-electron chi connectivity index (χ3n) is 2.47. The highest BCUT2D eigenvalue weighted by Crippen LogP contribution is 2.30. The van der Waals surface area contributed by atoms with Crippen molar-refractivity contribution < 1.29 is 9.84 Å². The van der Waals surface area contributed by atoms with E-state index in [1.807, 2.05) is 12.1 Å². The Bertz CT molecular complexity index is 529. The fraction of sp³-hybridized carbons (Fsp3) is 0.154. The van der Waals surface area contributed by atoms with E-state index in [2.05, 4.69) is 4.98 Å². The van der Waals surface area contributed by atoms with Crippen molar-refractivity contribution in [3.8, 4) is 16.9 Å². The molecule has 1 aromatic heterocycles. The maximum absolute atomic E-state index is 9.12. The lowest BCUT2D eigenvalue weighted by molar-refractivity contribution is 0.282. The molecule has 0 aliphatic rings. The Labute approximate surface area is 105 Å². The molecular weight excluding hydrogens is 238 g/mol. The van der Waals surface area contributed by atoms with E-state index in [0.717, 1.165) is 16.7 Å². The molecule has 1 N–H and O–H groups in total. The molecule has 0 unspecified atom stereocenters. The van der Waals surface area contributed by atoms with Crippen molar-refractivity contribution in [2.75, 3.05) is 7.11 Å². The number of aliphatic hydroxyl groups is 1. The first-order valence-electron chi connectivity index (χ1n) is 5.13. The standard InChI is InChI=1S/C13H12ClNO2/c1-17-11-5-10(6-15-7-11)12-4-9(8-16)2-3-13(12)14/h2-7,16H,8H2,1H3. The van der Waals surface area contributed by atoms with Gasteiger partial charge in [-0.15, -0.1) is 0 Å². The Morgan fingerprint density at radius 3 is 2.82 bits per heavy atom. The van der Waals surface area contributed by atoms with Crippen LogP contribution in [0.15, 0.2) is 36.7 Å². The van der Waals surface area contributed by atoms with Crippen molar-refractivity contribution in [2.24, 2.45) is 0 Å². The number of ether oxygens (including phenoxy) is 1. The van der Waals surface area contributed by atoms with E-state index in [9.17, 15) is 0 Å². The van der Waals surface area contributed by atoms with Gasteiger partial charge in [0.2, 0.25) is 0 Å². The van der Waals surface area contributed by atoms with Crippen LogP contribution in [0.3, 0.4) is 0 Å². The summed E-state index contributed by atoms with van der Waals surface area (Å²) in [5.74, 6) is 0.674. The minimum atomic E-state index is -0.0123. The second-order valence-electron chi connectivity index (χ2n) is 3.59. The van der Waals surface area contributed by atoms with Gasteiger partial charge >= 0.3 is 0 Å². The molecule has 17 heavy (non-hydrogen) atoms. The monoisotopic (exact) mass is 249 g/mol. The fourth-order valence-corrected chi connectivity index (χ4v) is 1.80. The van der Waals surface area contributed by atoms with Crippen molar-refractivity contribution in [3.05, 3.63) is 47.2 Å². The van der Waals surface area contributed by atoms with E-state index in [1.54, 1.807) is 31.6 Å². The van der Waals surface area contributed by atoms with Crippen molar-refractivity contribution >= 4 is 11.6 Å². The van der Waals surface area contributed by atoms with Crippen molar-refractivity contribution in [1.82, 2.24) is 4.98 Å². The predicted molar refractivity (Wildman–Crippen MR) is 67.2 cm³/mol. The third kappa shape index (κ3) is 2.57. The Kier molecular flexibility index (Phi) is 3.61. The lowest BCUT2D eigenvalue weighted by Gasteiger charge is -2.07. The summed E-state index contributed by atoms with van der Waals surface area (Å²) in [5, 5.41) is 9.74. The summed E-state index contributed by atoms with van der Waals surface area (Å²) in [7, 11) is 1.59. The Hall–Kier alpha value is -1.58. The van der Waals surface area contributed by atoms with E-state index in [0.29, 0.717) is 10.8 Å². The van der Waals surface area contributed by atoms with Crippen LogP contribution in [0.1, 0.15) is 5.56 Å². The maximum atomic E-state index is 9.12. The number of hydrogen-bond donors (Lipinski definition) is 1. The van der Waals surface area contributed by atoms with Gasteiger partial charge in [-0.3, -0.25) is 4.98 Å². The fourth-order valence-electron chi connectivity index (χ4n) is 1.57. The van der Waals surface area contributed by atoms with E-state index in [-0.39, 0.29) is 6.61 Å². The lowest BCUT2D eigenvalue weighted by atomic mass is 10.0. The minimum absolute atomic E-state index is 0.0123. The van der Waals surface area contributed by atoms with E-state index >= 15 is 0 Å². The van der Waals surface area contributed by atoms with Crippen molar-refractivity contribution in [2.45, 2.75) is 6.61 Å². The molecule has 0 saturated carbocycles. The van der Waals surface area contributed by atoms with Crippen LogP contribution in [-0.4, -0.2) is 17.2 Å². The predicted octanol–water partition coefficient (Wildman–Crippen LogP) is 2.90. The summed E-state index contributed by atoms with van der Waals surface area (Å²) in [6.07, 6.45) is 3.35. The van der Waals surface area contributed by atoms with Gasteiger partial charge in [-0.05, 0) is 23.8 Å². The normalized spacial score (nSPS) is 10.3. The molecule has 0 aliphatic carbocycles. The molecule has 0 bridgehead atoms. The number of aliphatic hydroxyl groups excluding tert-OH is 1. The zero-order valence-corrected chi connectivity index (χ0v) is 10.1. The Morgan fingerprint density at radius 2 is 2.12 bits per heavy atom. The Morgan fingerprint density at radius 1 is 1.29 bits per heavy atom. The van der Waals surface area contributed by atoms with E-state index < -0.39 is 0 Å². The smallest absolute Gasteiger partial charge is 0.137 e. The number of hydrogen-bond acceptors (Lipinski definition) is 3. The van der Waals surface area contributed by atoms with Crippen LogP contribution >= 0.6 is 11.6 Å². The number of nitrogens with zero attached hydrogens (tertiary/aromatic N) is 1. The molecule has 0 aliphatic heterocycles. The average Bonchev–Trinajstić information content (AvgIpc) is 2.39. The zero-order chi connectivity index (χ0) is 12.3. The third-order valence-corrected chi connectivity index (χ3v) is 2.80. The topological polar surface area (TPSA) is 42.4 Å². The van der Waals surface area contributed by atoms with Gasteiger partial charge in [0, 0.05) is 22.3 Å². The van der Waals surface area contributed by atoms with Gasteiger partial charge in [0.05, 0.1) is 19.9 Å². The zero-order valence-electron chi connectivity index (χ0n) is 9.35. The highest BCUT2D eigenvalue weighted by atomic mass is 35.5. The van der Waals surface area contributed by atoms with Crippen LogP contribution in [0.2, 0.25) is 5.02 Å². The number of benzene rings is 1. The molecule has 3 nitrogen and oxygen atoms in total. The molecule has 1 heterocycles. The van der Waals surface area contributed by atoms with Gasteiger partial charge in [-0.25, -0.2) is 0 Å². The summed E-state index contributed by atoms with van der Waals surface area (Å²) in [6.45, 7) is -0.0123. The molecule has 2 rings (SSSR count). The first-order valence-corrected chi connectivity index (χ1v) is 5.51. The molecule has 0 saturated heterocycles. The quantitative estimate of drug-likeness (QED) is 0.910. The molecule has 0 spiro atoms. The van der Waals surface area contributed by atoms with Crippen LogP contribution in [0, 0.1) is 0 Å². The highest BCUT2D eigenvalue weighted by molar-refractivity contribution is 6.33. The number of aromatic nitrogens is 1. The maximum Gasteiger partial charge on any atom is 0.137 e. The Balaban J connectivity index is 2.50. The number of pyridine rings is 1. The van der Waals surface area contributed by atoms with Gasteiger partial charge in [0.1, 0.15) is 5.75 Å². The number of rotatable bonds is 3.